The summed E-state index contributed by atoms with van der Waals surface area (Å²) in [6.45, 7) is 0.493. The van der Waals surface area contributed by atoms with Crippen molar-refractivity contribution in [3.63, 3.8) is 0 Å². The zero-order valence-corrected chi connectivity index (χ0v) is 9.54. The van der Waals surface area contributed by atoms with Gasteiger partial charge in [-0.2, -0.15) is 5.26 Å². The van der Waals surface area contributed by atoms with Crippen LogP contribution in [0.2, 0.25) is 0 Å². The molecule has 2 aliphatic heterocycles. The lowest BCUT2D eigenvalue weighted by molar-refractivity contribution is -0.122. The van der Waals surface area contributed by atoms with Crippen molar-refractivity contribution in [1.82, 2.24) is 10.6 Å². The van der Waals surface area contributed by atoms with Crippen LogP contribution in [0.3, 0.4) is 0 Å². The number of rotatable bonds is 4. The lowest BCUT2D eigenvalue weighted by atomic mass is 9.89. The molecule has 88 valence electrons. The van der Waals surface area contributed by atoms with E-state index in [0.717, 1.165) is 12.8 Å². The maximum absolute atomic E-state index is 11.6. The lowest BCUT2D eigenvalue weighted by Crippen LogP contribution is -2.39. The van der Waals surface area contributed by atoms with Crippen LogP contribution < -0.4 is 10.6 Å². The summed E-state index contributed by atoms with van der Waals surface area (Å²) in [7, 11) is 0. The highest BCUT2D eigenvalue weighted by Crippen LogP contribution is 2.32. The Morgan fingerprint density at radius 3 is 2.69 bits per heavy atom. The number of hydrogen-bond acceptors (Lipinski definition) is 3. The maximum Gasteiger partial charge on any atom is 0.220 e. The average Bonchev–Trinajstić information content (AvgIpc) is 2.58. The molecular weight excluding hydrogens is 202 g/mol. The summed E-state index contributed by atoms with van der Waals surface area (Å²) in [5, 5.41) is 14.7. The fraction of sp³-hybridized carbons (Fsp3) is 0.833. The van der Waals surface area contributed by atoms with Crippen molar-refractivity contribution in [2.45, 2.75) is 50.6 Å². The minimum atomic E-state index is 0.113. The van der Waals surface area contributed by atoms with E-state index >= 15 is 0 Å². The van der Waals surface area contributed by atoms with Crippen LogP contribution in [0.5, 0.6) is 0 Å². The van der Waals surface area contributed by atoms with Gasteiger partial charge >= 0.3 is 0 Å². The number of nitriles is 1. The summed E-state index contributed by atoms with van der Waals surface area (Å²) in [4.78, 5) is 11.6. The Balaban J connectivity index is 1.69. The van der Waals surface area contributed by atoms with Gasteiger partial charge in [0, 0.05) is 25.0 Å². The fourth-order valence-electron chi connectivity index (χ4n) is 2.93. The minimum absolute atomic E-state index is 0.113. The molecule has 0 radical (unpaired) electrons. The smallest absolute Gasteiger partial charge is 0.220 e. The number of nitrogens with one attached hydrogen (secondary N) is 2. The van der Waals surface area contributed by atoms with E-state index in [1.165, 1.54) is 12.8 Å². The van der Waals surface area contributed by atoms with Crippen molar-refractivity contribution in [3.05, 3.63) is 0 Å². The van der Waals surface area contributed by atoms with E-state index in [2.05, 4.69) is 10.6 Å². The van der Waals surface area contributed by atoms with Crippen molar-refractivity contribution in [1.29, 1.82) is 5.26 Å². The Bertz CT molecular complexity index is 285. The Hall–Kier alpha value is -1.08. The van der Waals surface area contributed by atoms with Crippen molar-refractivity contribution < 1.29 is 4.79 Å². The third-order valence-electron chi connectivity index (χ3n) is 3.60. The molecular formula is C12H19N3O. The highest BCUT2D eigenvalue weighted by molar-refractivity contribution is 5.76. The van der Waals surface area contributed by atoms with Gasteiger partial charge in [-0.3, -0.25) is 4.79 Å². The molecule has 4 nitrogen and oxygen atoms in total. The van der Waals surface area contributed by atoms with Crippen LogP contribution in [0.4, 0.5) is 0 Å². The predicted octanol–water partition coefficient (Wildman–Crippen LogP) is 0.937. The van der Waals surface area contributed by atoms with Gasteiger partial charge in [0.1, 0.15) is 0 Å². The molecule has 2 atom stereocenters. The maximum atomic E-state index is 11.6. The molecule has 2 heterocycles. The van der Waals surface area contributed by atoms with E-state index < -0.39 is 0 Å². The third-order valence-corrected chi connectivity index (χ3v) is 3.60. The third kappa shape index (κ3) is 2.96. The standard InChI is InChI=1S/C12H19N3O/c13-4-1-5-14-12(16)8-9-6-10-2-3-11(7-9)15-10/h9-11,15H,1-3,5-8H2,(H,14,16). The molecule has 2 N–H and O–H groups in total. The SMILES string of the molecule is N#CCCNC(=O)CC1CC2CCC(C1)N2. The summed E-state index contributed by atoms with van der Waals surface area (Å²) < 4.78 is 0. The van der Waals surface area contributed by atoms with Crippen LogP contribution >= 0.6 is 0 Å². The molecule has 4 heteroatoms. The molecule has 2 aliphatic rings. The largest absolute Gasteiger partial charge is 0.355 e. The first-order valence-corrected chi connectivity index (χ1v) is 6.17. The van der Waals surface area contributed by atoms with Gasteiger partial charge in [-0.05, 0) is 31.6 Å². The normalized spacial score (nSPS) is 32.1. The topological polar surface area (TPSA) is 64.9 Å². The van der Waals surface area contributed by atoms with Crippen molar-refractivity contribution in [2.24, 2.45) is 5.92 Å². The second kappa shape index (κ2) is 5.31. The average molecular weight is 221 g/mol. The molecule has 0 aliphatic carbocycles. The predicted molar refractivity (Wildman–Crippen MR) is 60.5 cm³/mol. The molecule has 0 aromatic carbocycles. The fourth-order valence-corrected chi connectivity index (χ4v) is 2.93. The van der Waals surface area contributed by atoms with Gasteiger partial charge in [0.15, 0.2) is 0 Å². The molecule has 2 unspecified atom stereocenters. The molecule has 0 saturated carbocycles. The van der Waals surface area contributed by atoms with Crippen molar-refractivity contribution in [3.8, 4) is 6.07 Å². The van der Waals surface area contributed by atoms with Crippen LogP contribution in [0.25, 0.3) is 0 Å². The Morgan fingerprint density at radius 2 is 2.06 bits per heavy atom. The molecule has 16 heavy (non-hydrogen) atoms. The van der Waals surface area contributed by atoms with Gasteiger partial charge in [-0.15, -0.1) is 0 Å². The number of nitrogens with zero attached hydrogens (tertiary/aromatic N) is 1. The second-order valence-corrected chi connectivity index (χ2v) is 4.94. The first-order valence-electron chi connectivity index (χ1n) is 6.17. The van der Waals surface area contributed by atoms with E-state index in [1.807, 2.05) is 6.07 Å². The Labute approximate surface area is 96.4 Å². The van der Waals surface area contributed by atoms with E-state index in [9.17, 15) is 4.79 Å². The molecule has 2 fully saturated rings. The number of hydrogen-bond donors (Lipinski definition) is 2. The molecule has 1 amide bonds. The molecule has 2 rings (SSSR count). The first kappa shape index (κ1) is 11.4. The number of carbonyl (C=O) groups is 1. The summed E-state index contributed by atoms with van der Waals surface area (Å²) >= 11 is 0. The number of amides is 1. The number of fused-ring (bicyclic) bond motifs is 2. The monoisotopic (exact) mass is 221 g/mol. The Kier molecular flexibility index (Phi) is 3.79. The molecule has 2 saturated heterocycles. The highest BCUT2D eigenvalue weighted by Gasteiger charge is 2.33. The molecule has 0 spiro atoms. The first-order chi connectivity index (χ1) is 7.78. The number of piperidine rings is 1. The number of carbonyl (C=O) groups excluding carboxylic acids is 1. The van der Waals surface area contributed by atoms with Gasteiger partial charge in [0.2, 0.25) is 5.91 Å². The zero-order chi connectivity index (χ0) is 11.4. The van der Waals surface area contributed by atoms with Crippen LogP contribution in [-0.4, -0.2) is 24.5 Å². The molecule has 0 aromatic heterocycles. The van der Waals surface area contributed by atoms with Crippen LogP contribution in [0.15, 0.2) is 0 Å². The quantitative estimate of drug-likeness (QED) is 0.694. The van der Waals surface area contributed by atoms with Gasteiger partial charge in [0.05, 0.1) is 12.5 Å². The summed E-state index contributed by atoms with van der Waals surface area (Å²) in [5.41, 5.74) is 0. The van der Waals surface area contributed by atoms with E-state index in [0.29, 0.717) is 37.4 Å². The van der Waals surface area contributed by atoms with Crippen LogP contribution in [-0.2, 0) is 4.79 Å². The van der Waals surface area contributed by atoms with Crippen LogP contribution in [0, 0.1) is 17.2 Å². The van der Waals surface area contributed by atoms with Crippen LogP contribution in [0.1, 0.15) is 38.5 Å². The van der Waals surface area contributed by atoms with E-state index in [-0.39, 0.29) is 5.91 Å². The minimum Gasteiger partial charge on any atom is -0.355 e. The summed E-state index contributed by atoms with van der Waals surface area (Å²) in [6.07, 6.45) is 5.88. The highest BCUT2D eigenvalue weighted by atomic mass is 16.1. The van der Waals surface area contributed by atoms with Gasteiger partial charge in [-0.1, -0.05) is 0 Å². The Morgan fingerprint density at radius 1 is 1.38 bits per heavy atom. The molecule has 2 bridgehead atoms. The summed E-state index contributed by atoms with van der Waals surface area (Å²) in [6, 6.07) is 3.32. The lowest BCUT2D eigenvalue weighted by Gasteiger charge is -2.28. The van der Waals surface area contributed by atoms with Gasteiger partial charge < -0.3 is 10.6 Å². The van der Waals surface area contributed by atoms with E-state index in [1.54, 1.807) is 0 Å². The van der Waals surface area contributed by atoms with Gasteiger partial charge in [-0.25, -0.2) is 0 Å². The van der Waals surface area contributed by atoms with E-state index in [4.69, 9.17) is 5.26 Å². The van der Waals surface area contributed by atoms with Crippen molar-refractivity contribution >= 4 is 5.91 Å². The zero-order valence-electron chi connectivity index (χ0n) is 9.54. The second-order valence-electron chi connectivity index (χ2n) is 4.94. The van der Waals surface area contributed by atoms with Crippen molar-refractivity contribution in [2.75, 3.05) is 6.54 Å². The molecule has 0 aromatic rings. The van der Waals surface area contributed by atoms with Gasteiger partial charge in [0.25, 0.3) is 0 Å². The summed E-state index contributed by atoms with van der Waals surface area (Å²) in [5.74, 6) is 0.655.